The third kappa shape index (κ3) is 4.68. The monoisotopic (exact) mass is 375 g/mol. The molecule has 1 aliphatic heterocycles. The number of hydrogen-bond donors (Lipinski definition) is 0. The van der Waals surface area contributed by atoms with Crippen LogP contribution in [-0.2, 0) is 17.9 Å². The highest BCUT2D eigenvalue weighted by molar-refractivity contribution is 7.09. The first-order valence-electron chi connectivity index (χ1n) is 9.09. The van der Waals surface area contributed by atoms with Crippen LogP contribution in [0.3, 0.4) is 0 Å². The molecule has 1 fully saturated rings. The van der Waals surface area contributed by atoms with Gasteiger partial charge in [0.1, 0.15) is 5.82 Å². The predicted octanol–water partition coefficient (Wildman–Crippen LogP) is 3.85. The molecule has 0 saturated carbocycles. The first-order chi connectivity index (χ1) is 12.4. The molecule has 0 N–H and O–H groups in total. The summed E-state index contributed by atoms with van der Waals surface area (Å²) < 4.78 is 13.2. The number of hydrogen-bond acceptors (Lipinski definition) is 4. The Bertz CT molecular complexity index is 744. The highest BCUT2D eigenvalue weighted by Crippen LogP contribution is 2.22. The summed E-state index contributed by atoms with van der Waals surface area (Å²) in [7, 11) is 0. The smallest absolute Gasteiger partial charge is 0.224 e. The van der Waals surface area contributed by atoms with Crippen molar-refractivity contribution >= 4 is 17.2 Å². The number of rotatable bonds is 5. The van der Waals surface area contributed by atoms with E-state index in [2.05, 4.69) is 29.1 Å². The number of carbonyl (C=O) groups excluding carboxylic acids is 1. The normalized spacial score (nSPS) is 19.2. The lowest BCUT2D eigenvalue weighted by Crippen LogP contribution is -2.45. The summed E-state index contributed by atoms with van der Waals surface area (Å²) in [6.07, 6.45) is 0.507. The number of aryl methyl sites for hydroxylation is 1. The fraction of sp³-hybridized carbons (Fsp3) is 0.500. The van der Waals surface area contributed by atoms with E-state index in [-0.39, 0.29) is 17.8 Å². The molecule has 1 aromatic heterocycles. The Morgan fingerprint density at radius 2 is 2.00 bits per heavy atom. The topological polar surface area (TPSA) is 36.4 Å². The average molecular weight is 376 g/mol. The van der Waals surface area contributed by atoms with Crippen molar-refractivity contribution in [1.29, 1.82) is 0 Å². The van der Waals surface area contributed by atoms with Gasteiger partial charge in [0.25, 0.3) is 0 Å². The molecule has 6 heteroatoms. The van der Waals surface area contributed by atoms with E-state index >= 15 is 0 Å². The van der Waals surface area contributed by atoms with Crippen molar-refractivity contribution in [3.05, 3.63) is 51.7 Å². The molecule has 1 aromatic carbocycles. The molecule has 1 saturated heterocycles. The Labute approximate surface area is 158 Å². The van der Waals surface area contributed by atoms with E-state index in [1.807, 2.05) is 11.8 Å². The molecule has 0 unspecified atom stereocenters. The van der Waals surface area contributed by atoms with E-state index in [4.69, 9.17) is 0 Å². The van der Waals surface area contributed by atoms with Gasteiger partial charge in [-0.15, -0.1) is 11.3 Å². The number of nitrogens with zero attached hydrogens (tertiary/aromatic N) is 3. The van der Waals surface area contributed by atoms with Gasteiger partial charge >= 0.3 is 0 Å². The first kappa shape index (κ1) is 19.0. The second-order valence-electron chi connectivity index (χ2n) is 7.30. The lowest BCUT2D eigenvalue weighted by Gasteiger charge is -2.34. The van der Waals surface area contributed by atoms with Gasteiger partial charge in [0, 0.05) is 44.0 Å². The van der Waals surface area contributed by atoms with Gasteiger partial charge in [-0.2, -0.15) is 0 Å². The van der Waals surface area contributed by atoms with Gasteiger partial charge in [-0.3, -0.25) is 9.69 Å². The summed E-state index contributed by atoms with van der Waals surface area (Å²) in [6, 6.07) is 6.58. The predicted molar refractivity (Wildman–Crippen MR) is 102 cm³/mol. The van der Waals surface area contributed by atoms with Crippen molar-refractivity contribution < 1.29 is 9.18 Å². The van der Waals surface area contributed by atoms with Crippen LogP contribution in [0.2, 0.25) is 0 Å². The molecule has 1 atom stereocenters. The molecule has 3 rings (SSSR count). The lowest BCUT2D eigenvalue weighted by molar-refractivity contribution is -0.134. The second kappa shape index (κ2) is 8.27. The summed E-state index contributed by atoms with van der Waals surface area (Å²) >= 11 is 1.66. The molecule has 4 nitrogen and oxygen atoms in total. The minimum atomic E-state index is -0.249. The number of thiazole rings is 1. The van der Waals surface area contributed by atoms with Crippen LogP contribution in [-0.4, -0.2) is 39.8 Å². The van der Waals surface area contributed by atoms with Gasteiger partial charge < -0.3 is 4.90 Å². The van der Waals surface area contributed by atoms with Gasteiger partial charge in [0.2, 0.25) is 5.91 Å². The molecule has 0 aliphatic carbocycles. The van der Waals surface area contributed by atoms with Crippen molar-refractivity contribution in [2.45, 2.75) is 46.3 Å². The van der Waals surface area contributed by atoms with Crippen molar-refractivity contribution in [2.75, 3.05) is 13.1 Å². The molecule has 1 amide bonds. The van der Waals surface area contributed by atoms with Crippen LogP contribution in [0.15, 0.2) is 29.6 Å². The molecule has 0 bridgehead atoms. The molecule has 140 valence electrons. The molecule has 0 spiro atoms. The van der Waals surface area contributed by atoms with Crippen LogP contribution in [0, 0.1) is 18.7 Å². The second-order valence-corrected chi connectivity index (χ2v) is 8.36. The van der Waals surface area contributed by atoms with E-state index in [0.29, 0.717) is 18.9 Å². The molecule has 0 radical (unpaired) electrons. The quantitative estimate of drug-likeness (QED) is 0.796. The van der Waals surface area contributed by atoms with E-state index in [0.717, 1.165) is 35.9 Å². The minimum Gasteiger partial charge on any atom is -0.334 e. The number of carbonyl (C=O) groups is 1. The Hall–Kier alpha value is -1.79. The summed E-state index contributed by atoms with van der Waals surface area (Å²) in [4.78, 5) is 21.7. The molecule has 2 aromatic rings. The summed E-state index contributed by atoms with van der Waals surface area (Å²) in [6.45, 7) is 9.23. The van der Waals surface area contributed by atoms with Gasteiger partial charge in [-0.1, -0.05) is 26.0 Å². The number of aromatic nitrogens is 1. The van der Waals surface area contributed by atoms with Gasteiger partial charge in [-0.25, -0.2) is 9.37 Å². The Morgan fingerprint density at radius 1 is 1.27 bits per heavy atom. The molecule has 1 aliphatic rings. The molecular formula is C20H26FN3OS. The Kier molecular flexibility index (Phi) is 6.04. The third-order valence-electron chi connectivity index (χ3n) is 4.90. The lowest BCUT2D eigenvalue weighted by atomic mass is 10.0. The van der Waals surface area contributed by atoms with E-state index in [1.54, 1.807) is 23.5 Å². The zero-order chi connectivity index (χ0) is 18.7. The Morgan fingerprint density at radius 3 is 2.62 bits per heavy atom. The summed E-state index contributed by atoms with van der Waals surface area (Å²) in [5.41, 5.74) is 2.04. The van der Waals surface area contributed by atoms with Crippen LogP contribution in [0.5, 0.6) is 0 Å². The highest BCUT2D eigenvalue weighted by atomic mass is 32.1. The van der Waals surface area contributed by atoms with Crippen LogP contribution < -0.4 is 0 Å². The molecule has 2 heterocycles. The number of amides is 1. The van der Waals surface area contributed by atoms with Gasteiger partial charge in [-0.05, 0) is 30.5 Å². The van der Waals surface area contributed by atoms with E-state index in [1.165, 1.54) is 12.1 Å². The molecule has 26 heavy (non-hydrogen) atoms. The maximum atomic E-state index is 13.2. The maximum Gasteiger partial charge on any atom is 0.224 e. The van der Waals surface area contributed by atoms with Crippen molar-refractivity contribution in [2.24, 2.45) is 5.92 Å². The molecular weight excluding hydrogens is 349 g/mol. The first-order valence-corrected chi connectivity index (χ1v) is 9.97. The number of halogens is 1. The van der Waals surface area contributed by atoms with Gasteiger partial charge in [0.15, 0.2) is 0 Å². The fourth-order valence-corrected chi connectivity index (χ4v) is 4.06. The fourth-order valence-electron chi connectivity index (χ4n) is 3.45. The van der Waals surface area contributed by atoms with Crippen LogP contribution >= 0.6 is 11.3 Å². The van der Waals surface area contributed by atoms with Crippen molar-refractivity contribution in [3.8, 4) is 0 Å². The zero-order valence-electron chi connectivity index (χ0n) is 15.6. The standard InChI is InChI=1S/C20H26FN3OS/c1-14(2)19-12-23(11-18-13-26-15(3)22-18)9-8-20(25)24(19)10-16-4-6-17(21)7-5-16/h4-7,13-14,19H,8-12H2,1-3H3/t19-/m1/s1. The number of benzene rings is 1. The van der Waals surface area contributed by atoms with Gasteiger partial charge in [0.05, 0.1) is 10.7 Å². The van der Waals surface area contributed by atoms with Crippen molar-refractivity contribution in [3.63, 3.8) is 0 Å². The largest absolute Gasteiger partial charge is 0.334 e. The third-order valence-corrected chi connectivity index (χ3v) is 5.72. The maximum absolute atomic E-state index is 13.2. The highest BCUT2D eigenvalue weighted by Gasteiger charge is 2.31. The summed E-state index contributed by atoms with van der Waals surface area (Å²) in [5.74, 6) is 0.267. The van der Waals surface area contributed by atoms with E-state index in [9.17, 15) is 9.18 Å². The summed E-state index contributed by atoms with van der Waals surface area (Å²) in [5, 5.41) is 3.17. The zero-order valence-corrected chi connectivity index (χ0v) is 16.4. The van der Waals surface area contributed by atoms with Crippen LogP contribution in [0.1, 0.15) is 36.5 Å². The minimum absolute atomic E-state index is 0.134. The van der Waals surface area contributed by atoms with Crippen LogP contribution in [0.4, 0.5) is 4.39 Å². The Balaban J connectivity index is 1.75. The average Bonchev–Trinajstić information content (AvgIpc) is 2.94. The SMILES string of the molecule is Cc1nc(CN2CCC(=O)N(Cc3ccc(F)cc3)[C@@H](C(C)C)C2)cs1. The van der Waals surface area contributed by atoms with Crippen molar-refractivity contribution in [1.82, 2.24) is 14.8 Å². The van der Waals surface area contributed by atoms with Crippen LogP contribution in [0.25, 0.3) is 0 Å². The van der Waals surface area contributed by atoms with E-state index < -0.39 is 0 Å².